The number of benzene rings is 1. The van der Waals surface area contributed by atoms with Gasteiger partial charge in [-0.1, -0.05) is 29.3 Å². The first kappa shape index (κ1) is 20.0. The Hall–Kier alpha value is -2.31. The third kappa shape index (κ3) is 4.65. The van der Waals surface area contributed by atoms with Gasteiger partial charge in [0.2, 0.25) is 0 Å². The van der Waals surface area contributed by atoms with E-state index in [0.717, 1.165) is 17.0 Å². The standard InChI is InChI=1S/C18H19Cl2N3O3/c1-10-13(11(2)23(4)22-10)8-9-16(24)26-12(3)18(25)21-17-14(19)6-5-7-15(17)20/h5-9,12H,1-4H3,(H,21,25)/b9-8+/t12-/m0/s1. The van der Waals surface area contributed by atoms with Gasteiger partial charge in [-0.25, -0.2) is 4.79 Å². The molecule has 0 unspecified atom stereocenters. The van der Waals surface area contributed by atoms with Crippen LogP contribution in [0.5, 0.6) is 0 Å². The molecule has 0 radical (unpaired) electrons. The predicted octanol–water partition coefficient (Wildman–Crippen LogP) is 3.93. The van der Waals surface area contributed by atoms with E-state index in [1.54, 1.807) is 29.0 Å². The molecule has 0 bridgehead atoms. The summed E-state index contributed by atoms with van der Waals surface area (Å²) in [6.45, 7) is 5.21. The van der Waals surface area contributed by atoms with Crippen LogP contribution in [-0.4, -0.2) is 27.8 Å². The number of hydrogen-bond donors (Lipinski definition) is 1. The van der Waals surface area contributed by atoms with Crippen LogP contribution in [0.3, 0.4) is 0 Å². The number of carbonyl (C=O) groups excluding carboxylic acids is 2. The minimum Gasteiger partial charge on any atom is -0.449 e. The van der Waals surface area contributed by atoms with E-state index in [0.29, 0.717) is 10.0 Å². The molecular formula is C18H19Cl2N3O3. The van der Waals surface area contributed by atoms with Crippen LogP contribution in [0.25, 0.3) is 6.08 Å². The highest BCUT2D eigenvalue weighted by Gasteiger charge is 2.19. The third-order valence-electron chi connectivity index (χ3n) is 3.82. The summed E-state index contributed by atoms with van der Waals surface area (Å²) in [5.41, 5.74) is 2.84. The number of aryl methyl sites for hydroxylation is 2. The average molecular weight is 396 g/mol. The van der Waals surface area contributed by atoms with Crippen molar-refractivity contribution in [2.24, 2.45) is 7.05 Å². The zero-order valence-corrected chi connectivity index (χ0v) is 16.4. The number of anilines is 1. The van der Waals surface area contributed by atoms with Crippen LogP contribution in [0.15, 0.2) is 24.3 Å². The molecule has 1 atom stereocenters. The summed E-state index contributed by atoms with van der Waals surface area (Å²) in [7, 11) is 1.82. The van der Waals surface area contributed by atoms with Gasteiger partial charge in [0.05, 0.1) is 21.4 Å². The first-order chi connectivity index (χ1) is 12.2. The second kappa shape index (κ2) is 8.38. The lowest BCUT2D eigenvalue weighted by atomic mass is 10.2. The quantitative estimate of drug-likeness (QED) is 0.614. The van der Waals surface area contributed by atoms with Gasteiger partial charge in [0.15, 0.2) is 6.10 Å². The molecule has 0 saturated carbocycles. The SMILES string of the molecule is Cc1nn(C)c(C)c1/C=C/C(=O)O[C@@H](C)C(=O)Nc1c(Cl)cccc1Cl. The molecule has 138 valence electrons. The molecule has 0 aliphatic carbocycles. The average Bonchev–Trinajstić information content (AvgIpc) is 2.81. The molecule has 0 spiro atoms. The molecule has 0 saturated heterocycles. The molecule has 26 heavy (non-hydrogen) atoms. The van der Waals surface area contributed by atoms with Crippen molar-refractivity contribution in [3.63, 3.8) is 0 Å². The zero-order valence-electron chi connectivity index (χ0n) is 14.8. The number of hydrogen-bond acceptors (Lipinski definition) is 4. The molecule has 2 aromatic rings. The number of rotatable bonds is 5. The number of ether oxygens (including phenoxy) is 1. The van der Waals surface area contributed by atoms with Crippen molar-refractivity contribution in [2.45, 2.75) is 26.9 Å². The number of para-hydroxylation sites is 1. The minimum absolute atomic E-state index is 0.279. The van der Waals surface area contributed by atoms with Gasteiger partial charge in [0.1, 0.15) is 0 Å². The second-order valence-corrected chi connectivity index (χ2v) is 6.52. The molecule has 0 aliphatic heterocycles. The van der Waals surface area contributed by atoms with Gasteiger partial charge in [0, 0.05) is 24.4 Å². The molecule has 1 heterocycles. The van der Waals surface area contributed by atoms with Crippen molar-refractivity contribution in [2.75, 3.05) is 5.32 Å². The zero-order chi connectivity index (χ0) is 19.4. The Labute approximate surface area is 161 Å². The smallest absolute Gasteiger partial charge is 0.331 e. The van der Waals surface area contributed by atoms with Gasteiger partial charge >= 0.3 is 5.97 Å². The van der Waals surface area contributed by atoms with Gasteiger partial charge in [-0.15, -0.1) is 0 Å². The monoisotopic (exact) mass is 395 g/mol. The van der Waals surface area contributed by atoms with E-state index in [-0.39, 0.29) is 5.69 Å². The number of halogens is 2. The molecular weight excluding hydrogens is 377 g/mol. The second-order valence-electron chi connectivity index (χ2n) is 5.71. The first-order valence-corrected chi connectivity index (χ1v) is 8.60. The Morgan fingerprint density at radius 1 is 1.27 bits per heavy atom. The summed E-state index contributed by atoms with van der Waals surface area (Å²) in [4.78, 5) is 24.2. The van der Waals surface area contributed by atoms with Crippen LogP contribution in [-0.2, 0) is 21.4 Å². The Kier molecular flexibility index (Phi) is 6.45. The van der Waals surface area contributed by atoms with E-state index < -0.39 is 18.0 Å². The van der Waals surface area contributed by atoms with E-state index >= 15 is 0 Å². The van der Waals surface area contributed by atoms with Crippen LogP contribution in [0, 0.1) is 13.8 Å². The summed E-state index contributed by atoms with van der Waals surface area (Å²) in [6, 6.07) is 4.86. The van der Waals surface area contributed by atoms with Crippen LogP contribution in [0.2, 0.25) is 10.0 Å². The van der Waals surface area contributed by atoms with Gasteiger partial charge in [-0.3, -0.25) is 9.48 Å². The lowest BCUT2D eigenvalue weighted by Crippen LogP contribution is -2.29. The summed E-state index contributed by atoms with van der Waals surface area (Å²) in [6.07, 6.45) is 1.87. The molecule has 8 heteroatoms. The molecule has 2 rings (SSSR count). The fraction of sp³-hybridized carbons (Fsp3) is 0.278. The number of esters is 1. The van der Waals surface area contributed by atoms with Gasteiger partial charge in [0.25, 0.3) is 5.91 Å². The van der Waals surface area contributed by atoms with Crippen LogP contribution < -0.4 is 5.32 Å². The first-order valence-electron chi connectivity index (χ1n) is 7.84. The predicted molar refractivity (Wildman–Crippen MR) is 102 cm³/mol. The number of amides is 1. The summed E-state index contributed by atoms with van der Waals surface area (Å²) < 4.78 is 6.85. The lowest BCUT2D eigenvalue weighted by Gasteiger charge is -2.14. The third-order valence-corrected chi connectivity index (χ3v) is 4.45. The largest absolute Gasteiger partial charge is 0.449 e. The Morgan fingerprint density at radius 3 is 2.42 bits per heavy atom. The summed E-state index contributed by atoms with van der Waals surface area (Å²) in [5.74, 6) is -1.17. The molecule has 6 nitrogen and oxygen atoms in total. The Morgan fingerprint density at radius 2 is 1.88 bits per heavy atom. The molecule has 0 aliphatic rings. The van der Waals surface area contributed by atoms with Gasteiger partial charge in [-0.05, 0) is 39.0 Å². The highest BCUT2D eigenvalue weighted by atomic mass is 35.5. The topological polar surface area (TPSA) is 73.2 Å². The molecule has 0 fully saturated rings. The van der Waals surface area contributed by atoms with E-state index in [1.165, 1.54) is 13.0 Å². The molecule has 1 N–H and O–H groups in total. The van der Waals surface area contributed by atoms with Crippen molar-refractivity contribution in [3.05, 3.63) is 51.3 Å². The summed E-state index contributed by atoms with van der Waals surface area (Å²) >= 11 is 12.0. The highest BCUT2D eigenvalue weighted by molar-refractivity contribution is 6.39. The van der Waals surface area contributed by atoms with Crippen molar-refractivity contribution in [1.29, 1.82) is 0 Å². The number of aromatic nitrogens is 2. The lowest BCUT2D eigenvalue weighted by molar-refractivity contribution is -0.148. The molecule has 1 amide bonds. The van der Waals surface area contributed by atoms with Crippen LogP contribution >= 0.6 is 23.2 Å². The van der Waals surface area contributed by atoms with Crippen LogP contribution in [0.1, 0.15) is 23.9 Å². The maximum Gasteiger partial charge on any atom is 0.331 e. The van der Waals surface area contributed by atoms with Gasteiger partial charge < -0.3 is 10.1 Å². The van der Waals surface area contributed by atoms with E-state index in [2.05, 4.69) is 10.4 Å². The van der Waals surface area contributed by atoms with E-state index in [9.17, 15) is 9.59 Å². The number of carbonyl (C=O) groups is 2. The maximum absolute atomic E-state index is 12.2. The fourth-order valence-electron chi connectivity index (χ4n) is 2.29. The van der Waals surface area contributed by atoms with Crippen molar-refractivity contribution < 1.29 is 14.3 Å². The number of nitrogens with one attached hydrogen (secondary N) is 1. The highest BCUT2D eigenvalue weighted by Crippen LogP contribution is 2.29. The Bertz CT molecular complexity index is 855. The van der Waals surface area contributed by atoms with Crippen molar-refractivity contribution in [1.82, 2.24) is 9.78 Å². The molecule has 1 aromatic heterocycles. The normalized spacial score (nSPS) is 12.2. The van der Waals surface area contributed by atoms with Crippen LogP contribution in [0.4, 0.5) is 5.69 Å². The van der Waals surface area contributed by atoms with Crippen molar-refractivity contribution in [3.8, 4) is 0 Å². The Balaban J connectivity index is 2.00. The number of nitrogens with zero attached hydrogens (tertiary/aromatic N) is 2. The van der Waals surface area contributed by atoms with E-state index in [4.69, 9.17) is 27.9 Å². The fourth-order valence-corrected chi connectivity index (χ4v) is 2.78. The molecule has 1 aromatic carbocycles. The van der Waals surface area contributed by atoms with E-state index in [1.807, 2.05) is 20.9 Å². The van der Waals surface area contributed by atoms with Gasteiger partial charge in [-0.2, -0.15) is 5.10 Å². The maximum atomic E-state index is 12.2. The summed E-state index contributed by atoms with van der Waals surface area (Å²) in [5, 5.41) is 7.42. The minimum atomic E-state index is -1.02. The van der Waals surface area contributed by atoms with Crippen molar-refractivity contribution >= 4 is 46.8 Å².